The van der Waals surface area contributed by atoms with E-state index in [-0.39, 0.29) is 18.4 Å². The number of carboxylic acids is 1. The van der Waals surface area contributed by atoms with Crippen LogP contribution in [-0.4, -0.2) is 47.6 Å². The van der Waals surface area contributed by atoms with Crippen molar-refractivity contribution in [2.24, 2.45) is 0 Å². The van der Waals surface area contributed by atoms with Crippen molar-refractivity contribution in [3.63, 3.8) is 0 Å². The van der Waals surface area contributed by atoms with Gasteiger partial charge in [0.15, 0.2) is 0 Å². The first-order valence-corrected chi connectivity index (χ1v) is 6.35. The number of likely N-dealkylation sites (tertiary alicyclic amines) is 1. The van der Waals surface area contributed by atoms with E-state index in [2.05, 4.69) is 5.32 Å². The molecule has 0 aromatic rings. The van der Waals surface area contributed by atoms with Gasteiger partial charge in [-0.3, -0.25) is 9.59 Å². The number of carbonyl (C=O) groups is 2. The number of carbonyl (C=O) groups excluding carboxylic acids is 1. The van der Waals surface area contributed by atoms with Gasteiger partial charge in [-0.2, -0.15) is 0 Å². The molecule has 0 saturated carbocycles. The monoisotopic (exact) mass is 242 g/mol. The molecule has 17 heavy (non-hydrogen) atoms. The number of amides is 1. The highest BCUT2D eigenvalue weighted by Gasteiger charge is 2.22. The molecule has 1 saturated heterocycles. The van der Waals surface area contributed by atoms with E-state index in [0.29, 0.717) is 13.0 Å². The summed E-state index contributed by atoms with van der Waals surface area (Å²) < 4.78 is 0. The number of nitrogens with one attached hydrogen (secondary N) is 1. The standard InChI is InChI=1S/C12H22N2O3/c1-10(12(17)14-8-4-5-9-14)13-7-3-2-6-11(15)16/h10,13H,2-9H2,1H3,(H,15,16). The molecule has 5 heteroatoms. The van der Waals surface area contributed by atoms with Crippen LogP contribution in [0.4, 0.5) is 0 Å². The van der Waals surface area contributed by atoms with Crippen LogP contribution < -0.4 is 5.32 Å². The molecule has 1 aliphatic rings. The van der Waals surface area contributed by atoms with Crippen molar-refractivity contribution in [1.82, 2.24) is 10.2 Å². The van der Waals surface area contributed by atoms with E-state index >= 15 is 0 Å². The first-order valence-electron chi connectivity index (χ1n) is 6.35. The lowest BCUT2D eigenvalue weighted by Crippen LogP contribution is -2.43. The highest BCUT2D eigenvalue weighted by Crippen LogP contribution is 2.08. The molecule has 5 nitrogen and oxygen atoms in total. The zero-order valence-corrected chi connectivity index (χ0v) is 10.4. The molecule has 0 spiro atoms. The van der Waals surface area contributed by atoms with Gasteiger partial charge in [-0.05, 0) is 39.2 Å². The van der Waals surface area contributed by atoms with Crippen molar-refractivity contribution in [3.8, 4) is 0 Å². The zero-order chi connectivity index (χ0) is 12.7. The lowest BCUT2D eigenvalue weighted by molar-refractivity contribution is -0.137. The third-order valence-electron chi connectivity index (χ3n) is 3.06. The average Bonchev–Trinajstić information content (AvgIpc) is 2.80. The first kappa shape index (κ1) is 14.0. The number of unbranched alkanes of at least 4 members (excludes halogenated alkanes) is 1. The topological polar surface area (TPSA) is 69.6 Å². The van der Waals surface area contributed by atoms with Crippen LogP contribution in [0.1, 0.15) is 39.0 Å². The van der Waals surface area contributed by atoms with Crippen molar-refractivity contribution >= 4 is 11.9 Å². The van der Waals surface area contributed by atoms with Crippen LogP contribution in [0.5, 0.6) is 0 Å². The van der Waals surface area contributed by atoms with E-state index in [1.807, 2.05) is 11.8 Å². The predicted molar refractivity (Wildman–Crippen MR) is 64.8 cm³/mol. The Labute approximate surface area is 102 Å². The second-order valence-electron chi connectivity index (χ2n) is 4.56. The fourth-order valence-corrected chi connectivity index (χ4v) is 2.02. The zero-order valence-electron chi connectivity index (χ0n) is 10.4. The number of hydrogen-bond donors (Lipinski definition) is 2. The van der Waals surface area contributed by atoms with Gasteiger partial charge in [0.2, 0.25) is 5.91 Å². The van der Waals surface area contributed by atoms with Gasteiger partial charge in [0.1, 0.15) is 0 Å². The summed E-state index contributed by atoms with van der Waals surface area (Å²) in [7, 11) is 0. The Morgan fingerprint density at radius 2 is 1.94 bits per heavy atom. The molecular weight excluding hydrogens is 220 g/mol. The smallest absolute Gasteiger partial charge is 0.303 e. The number of hydrogen-bond acceptors (Lipinski definition) is 3. The maximum Gasteiger partial charge on any atom is 0.303 e. The fourth-order valence-electron chi connectivity index (χ4n) is 2.02. The minimum Gasteiger partial charge on any atom is -0.481 e. The van der Waals surface area contributed by atoms with Gasteiger partial charge in [-0.25, -0.2) is 0 Å². The fraction of sp³-hybridized carbons (Fsp3) is 0.833. The van der Waals surface area contributed by atoms with Gasteiger partial charge < -0.3 is 15.3 Å². The maximum absolute atomic E-state index is 11.9. The molecule has 0 aromatic heterocycles. The predicted octanol–water partition coefficient (Wildman–Crippen LogP) is 0.842. The SMILES string of the molecule is CC(NCCCCC(=O)O)C(=O)N1CCCC1. The van der Waals surface area contributed by atoms with Crippen molar-refractivity contribution in [2.75, 3.05) is 19.6 Å². The van der Waals surface area contributed by atoms with Gasteiger partial charge in [0, 0.05) is 19.5 Å². The summed E-state index contributed by atoms with van der Waals surface area (Å²) in [5, 5.41) is 11.6. The summed E-state index contributed by atoms with van der Waals surface area (Å²) in [6, 6.07) is -0.155. The third kappa shape index (κ3) is 5.17. The van der Waals surface area contributed by atoms with Crippen LogP contribution >= 0.6 is 0 Å². The lowest BCUT2D eigenvalue weighted by Gasteiger charge is -2.21. The van der Waals surface area contributed by atoms with Crippen molar-refractivity contribution in [1.29, 1.82) is 0 Å². The Morgan fingerprint density at radius 3 is 2.53 bits per heavy atom. The molecule has 0 aliphatic carbocycles. The first-order chi connectivity index (χ1) is 8.11. The van der Waals surface area contributed by atoms with E-state index in [9.17, 15) is 9.59 Å². The summed E-state index contributed by atoms with van der Waals surface area (Å²) in [6.45, 7) is 4.33. The van der Waals surface area contributed by atoms with Gasteiger partial charge in [-0.15, -0.1) is 0 Å². The molecule has 0 aromatic carbocycles. The van der Waals surface area contributed by atoms with Crippen LogP contribution in [-0.2, 0) is 9.59 Å². The molecule has 0 bridgehead atoms. The average molecular weight is 242 g/mol. The molecular formula is C12H22N2O3. The minimum absolute atomic E-state index is 0.155. The van der Waals surface area contributed by atoms with Crippen LogP contribution in [0.2, 0.25) is 0 Å². The number of rotatable bonds is 7. The van der Waals surface area contributed by atoms with E-state index < -0.39 is 5.97 Å². The number of aliphatic carboxylic acids is 1. The molecule has 1 unspecified atom stereocenters. The Balaban J connectivity index is 2.09. The van der Waals surface area contributed by atoms with Crippen LogP contribution in [0, 0.1) is 0 Å². The van der Waals surface area contributed by atoms with Gasteiger partial charge in [-0.1, -0.05) is 0 Å². The molecule has 1 heterocycles. The molecule has 1 rings (SSSR count). The largest absolute Gasteiger partial charge is 0.481 e. The van der Waals surface area contributed by atoms with E-state index in [0.717, 1.165) is 32.4 Å². The summed E-state index contributed by atoms with van der Waals surface area (Å²) >= 11 is 0. The molecule has 1 fully saturated rings. The molecule has 1 aliphatic heterocycles. The van der Waals surface area contributed by atoms with Crippen molar-refractivity contribution < 1.29 is 14.7 Å². The van der Waals surface area contributed by atoms with E-state index in [1.165, 1.54) is 0 Å². The van der Waals surface area contributed by atoms with Gasteiger partial charge in [0.25, 0.3) is 0 Å². The minimum atomic E-state index is -0.758. The van der Waals surface area contributed by atoms with E-state index in [1.54, 1.807) is 0 Å². The summed E-state index contributed by atoms with van der Waals surface area (Å²) in [6.07, 6.45) is 3.88. The molecule has 1 atom stereocenters. The van der Waals surface area contributed by atoms with Crippen LogP contribution in [0.3, 0.4) is 0 Å². The van der Waals surface area contributed by atoms with Gasteiger partial charge >= 0.3 is 5.97 Å². The van der Waals surface area contributed by atoms with Crippen LogP contribution in [0.25, 0.3) is 0 Å². The maximum atomic E-state index is 11.9. The van der Waals surface area contributed by atoms with E-state index in [4.69, 9.17) is 5.11 Å². The Bertz CT molecular complexity index is 262. The quantitative estimate of drug-likeness (QED) is 0.649. The second-order valence-corrected chi connectivity index (χ2v) is 4.56. The molecule has 2 N–H and O–H groups in total. The van der Waals surface area contributed by atoms with Crippen molar-refractivity contribution in [2.45, 2.75) is 45.1 Å². The summed E-state index contributed by atoms with van der Waals surface area (Å²) in [5.41, 5.74) is 0. The second kappa shape index (κ2) is 7.27. The summed E-state index contributed by atoms with van der Waals surface area (Å²) in [5.74, 6) is -0.591. The molecule has 1 amide bonds. The lowest BCUT2D eigenvalue weighted by atomic mass is 10.2. The Morgan fingerprint density at radius 1 is 1.29 bits per heavy atom. The molecule has 0 radical (unpaired) electrons. The normalized spacial score (nSPS) is 17.1. The highest BCUT2D eigenvalue weighted by molar-refractivity contribution is 5.81. The highest BCUT2D eigenvalue weighted by atomic mass is 16.4. The third-order valence-corrected chi connectivity index (χ3v) is 3.06. The Kier molecular flexibility index (Phi) is 5.97. The Hall–Kier alpha value is -1.10. The van der Waals surface area contributed by atoms with Crippen LogP contribution in [0.15, 0.2) is 0 Å². The van der Waals surface area contributed by atoms with Crippen molar-refractivity contribution in [3.05, 3.63) is 0 Å². The molecule has 98 valence electrons. The number of carboxylic acid groups (broad SMARTS) is 1. The van der Waals surface area contributed by atoms with Gasteiger partial charge in [0.05, 0.1) is 6.04 Å². The summed E-state index contributed by atoms with van der Waals surface area (Å²) in [4.78, 5) is 24.1. The number of nitrogens with zero attached hydrogens (tertiary/aromatic N) is 1.